The van der Waals surface area contributed by atoms with E-state index in [0.29, 0.717) is 19.0 Å². The maximum absolute atomic E-state index is 9.48. The van der Waals surface area contributed by atoms with Gasteiger partial charge in [-0.2, -0.15) is 0 Å². The summed E-state index contributed by atoms with van der Waals surface area (Å²) in [6.07, 6.45) is 1.77. The number of rotatable bonds is 8. The first-order valence-electron chi connectivity index (χ1n) is 7.22. The second-order valence-corrected chi connectivity index (χ2v) is 5.45. The molecule has 0 aliphatic rings. The Morgan fingerprint density at radius 3 is 2.42 bits per heavy atom. The van der Waals surface area contributed by atoms with Crippen molar-refractivity contribution in [3.05, 3.63) is 35.4 Å². The van der Waals surface area contributed by atoms with E-state index in [9.17, 15) is 5.11 Å². The molecule has 0 aromatic heterocycles. The summed E-state index contributed by atoms with van der Waals surface area (Å²) in [4.78, 5) is 2.13. The lowest BCUT2D eigenvalue weighted by atomic mass is 9.97. The Labute approximate surface area is 117 Å². The normalized spacial score (nSPS) is 14.6. The molecule has 0 bridgehead atoms. The SMILES string of the molecule is CCC(C)c1ccc(CCN(C)CC(O)CN)cc1. The summed E-state index contributed by atoms with van der Waals surface area (Å²) in [7, 11) is 2.02. The zero-order valence-corrected chi connectivity index (χ0v) is 12.5. The van der Waals surface area contributed by atoms with Crippen LogP contribution in [0, 0.1) is 0 Å². The number of hydrogen-bond acceptors (Lipinski definition) is 3. The van der Waals surface area contributed by atoms with E-state index in [1.807, 2.05) is 7.05 Å². The molecule has 0 saturated heterocycles. The van der Waals surface area contributed by atoms with Crippen molar-refractivity contribution < 1.29 is 5.11 Å². The average molecular weight is 264 g/mol. The maximum Gasteiger partial charge on any atom is 0.0788 e. The zero-order valence-electron chi connectivity index (χ0n) is 12.5. The monoisotopic (exact) mass is 264 g/mol. The molecule has 108 valence electrons. The molecule has 0 spiro atoms. The molecule has 0 aliphatic carbocycles. The van der Waals surface area contributed by atoms with Crippen molar-refractivity contribution in [1.82, 2.24) is 4.90 Å². The Bertz CT molecular complexity index is 350. The van der Waals surface area contributed by atoms with Gasteiger partial charge in [-0.25, -0.2) is 0 Å². The lowest BCUT2D eigenvalue weighted by molar-refractivity contribution is 0.133. The highest BCUT2D eigenvalue weighted by Gasteiger charge is 2.06. The first-order valence-corrected chi connectivity index (χ1v) is 7.22. The second kappa shape index (κ2) is 8.31. The molecule has 2 unspecified atom stereocenters. The highest BCUT2D eigenvalue weighted by atomic mass is 16.3. The molecule has 1 rings (SSSR count). The van der Waals surface area contributed by atoms with E-state index in [-0.39, 0.29) is 0 Å². The molecular formula is C16H28N2O. The van der Waals surface area contributed by atoms with Crippen molar-refractivity contribution in [1.29, 1.82) is 0 Å². The third kappa shape index (κ3) is 5.72. The van der Waals surface area contributed by atoms with E-state index < -0.39 is 6.10 Å². The van der Waals surface area contributed by atoms with Crippen molar-refractivity contribution in [2.45, 2.75) is 38.7 Å². The Morgan fingerprint density at radius 1 is 1.26 bits per heavy atom. The summed E-state index contributed by atoms with van der Waals surface area (Å²) in [5.74, 6) is 0.636. The van der Waals surface area contributed by atoms with E-state index >= 15 is 0 Å². The number of hydrogen-bond donors (Lipinski definition) is 2. The summed E-state index contributed by atoms with van der Waals surface area (Å²) in [6, 6.07) is 8.90. The molecule has 0 aliphatic heterocycles. The first kappa shape index (κ1) is 16.2. The summed E-state index contributed by atoms with van der Waals surface area (Å²) < 4.78 is 0. The number of nitrogens with zero attached hydrogens (tertiary/aromatic N) is 1. The third-order valence-electron chi connectivity index (χ3n) is 3.74. The molecule has 19 heavy (non-hydrogen) atoms. The fourth-order valence-corrected chi connectivity index (χ4v) is 2.09. The van der Waals surface area contributed by atoms with Crippen LogP contribution in [0.5, 0.6) is 0 Å². The third-order valence-corrected chi connectivity index (χ3v) is 3.74. The van der Waals surface area contributed by atoms with Gasteiger partial charge in [0, 0.05) is 19.6 Å². The zero-order chi connectivity index (χ0) is 14.3. The quantitative estimate of drug-likeness (QED) is 0.755. The van der Waals surface area contributed by atoms with Gasteiger partial charge in [0.1, 0.15) is 0 Å². The minimum Gasteiger partial charge on any atom is -0.390 e. The minimum absolute atomic E-state index is 0.327. The molecule has 1 aromatic carbocycles. The van der Waals surface area contributed by atoms with Gasteiger partial charge in [-0.15, -0.1) is 0 Å². The molecule has 0 fully saturated rings. The predicted octanol–water partition coefficient (Wildman–Crippen LogP) is 1.99. The number of nitrogens with two attached hydrogens (primary N) is 1. The van der Waals surface area contributed by atoms with Crippen molar-refractivity contribution in [3.63, 3.8) is 0 Å². The number of aliphatic hydroxyl groups is 1. The van der Waals surface area contributed by atoms with E-state index in [1.165, 1.54) is 17.5 Å². The molecule has 3 heteroatoms. The summed E-state index contributed by atoms with van der Waals surface area (Å²) in [6.45, 7) is 6.39. The Balaban J connectivity index is 2.41. The first-order chi connectivity index (χ1) is 9.06. The smallest absolute Gasteiger partial charge is 0.0788 e. The van der Waals surface area contributed by atoms with Crippen molar-refractivity contribution in [3.8, 4) is 0 Å². The van der Waals surface area contributed by atoms with Crippen LogP contribution in [0.1, 0.15) is 37.3 Å². The maximum atomic E-state index is 9.48. The van der Waals surface area contributed by atoms with Gasteiger partial charge in [0.2, 0.25) is 0 Å². The summed E-state index contributed by atoms with van der Waals surface area (Å²) >= 11 is 0. The van der Waals surface area contributed by atoms with Gasteiger partial charge >= 0.3 is 0 Å². The van der Waals surface area contributed by atoms with Crippen LogP contribution < -0.4 is 5.73 Å². The average Bonchev–Trinajstić information content (AvgIpc) is 2.44. The van der Waals surface area contributed by atoms with Crippen LogP contribution in [-0.4, -0.2) is 42.8 Å². The Kier molecular flexibility index (Phi) is 7.06. The Hall–Kier alpha value is -0.900. The van der Waals surface area contributed by atoms with Gasteiger partial charge in [-0.1, -0.05) is 38.1 Å². The summed E-state index contributed by atoms with van der Waals surface area (Å²) in [5.41, 5.74) is 8.17. The molecule has 3 nitrogen and oxygen atoms in total. The number of benzene rings is 1. The van der Waals surface area contributed by atoms with Crippen LogP contribution in [0.2, 0.25) is 0 Å². The van der Waals surface area contributed by atoms with Gasteiger partial charge in [0.15, 0.2) is 0 Å². The lowest BCUT2D eigenvalue weighted by Gasteiger charge is -2.19. The Morgan fingerprint density at radius 2 is 1.89 bits per heavy atom. The van der Waals surface area contributed by atoms with Crippen molar-refractivity contribution >= 4 is 0 Å². The topological polar surface area (TPSA) is 49.5 Å². The van der Waals surface area contributed by atoms with Crippen LogP contribution >= 0.6 is 0 Å². The van der Waals surface area contributed by atoms with Gasteiger partial charge in [0.05, 0.1) is 6.10 Å². The standard InChI is InChI=1S/C16H28N2O/c1-4-13(2)15-7-5-14(6-8-15)9-10-18(3)12-16(19)11-17/h5-8,13,16,19H,4,9-12,17H2,1-3H3. The van der Waals surface area contributed by atoms with Crippen LogP contribution in [0.25, 0.3) is 0 Å². The number of likely N-dealkylation sites (N-methyl/N-ethyl adjacent to an activating group) is 1. The lowest BCUT2D eigenvalue weighted by Crippen LogP contribution is -2.35. The highest BCUT2D eigenvalue weighted by molar-refractivity contribution is 5.25. The van der Waals surface area contributed by atoms with E-state index in [0.717, 1.165) is 13.0 Å². The van der Waals surface area contributed by atoms with Crippen molar-refractivity contribution in [2.24, 2.45) is 5.73 Å². The largest absolute Gasteiger partial charge is 0.390 e. The molecule has 0 heterocycles. The molecule has 0 amide bonds. The molecule has 0 saturated carbocycles. The number of aliphatic hydroxyl groups excluding tert-OH is 1. The molecular weight excluding hydrogens is 236 g/mol. The van der Waals surface area contributed by atoms with Crippen LogP contribution in [0.15, 0.2) is 24.3 Å². The van der Waals surface area contributed by atoms with Gasteiger partial charge in [-0.05, 0) is 36.9 Å². The summed E-state index contributed by atoms with van der Waals surface area (Å²) in [5, 5.41) is 9.48. The molecule has 3 N–H and O–H groups in total. The predicted molar refractivity (Wildman–Crippen MR) is 81.4 cm³/mol. The highest BCUT2D eigenvalue weighted by Crippen LogP contribution is 2.18. The molecule has 2 atom stereocenters. The van der Waals surface area contributed by atoms with Gasteiger partial charge in [0.25, 0.3) is 0 Å². The fraction of sp³-hybridized carbons (Fsp3) is 0.625. The van der Waals surface area contributed by atoms with Crippen molar-refractivity contribution in [2.75, 3.05) is 26.7 Å². The van der Waals surface area contributed by atoms with Crippen LogP contribution in [-0.2, 0) is 6.42 Å². The van der Waals surface area contributed by atoms with Gasteiger partial charge < -0.3 is 15.7 Å². The molecule has 1 aromatic rings. The van der Waals surface area contributed by atoms with Crippen LogP contribution in [0.3, 0.4) is 0 Å². The second-order valence-electron chi connectivity index (χ2n) is 5.45. The van der Waals surface area contributed by atoms with Gasteiger partial charge in [-0.3, -0.25) is 0 Å². The molecule has 0 radical (unpaired) electrons. The van der Waals surface area contributed by atoms with E-state index in [4.69, 9.17) is 5.73 Å². The minimum atomic E-state index is -0.419. The fourth-order valence-electron chi connectivity index (χ4n) is 2.09. The van der Waals surface area contributed by atoms with E-state index in [1.54, 1.807) is 0 Å². The van der Waals surface area contributed by atoms with E-state index in [2.05, 4.69) is 43.0 Å². The van der Waals surface area contributed by atoms with Crippen LogP contribution in [0.4, 0.5) is 0 Å².